The molecule has 0 aliphatic carbocycles. The maximum atomic E-state index is 10.9. The van der Waals surface area contributed by atoms with Crippen molar-refractivity contribution >= 4 is 31.2 Å². The normalized spacial score (nSPS) is 18.9. The first-order chi connectivity index (χ1) is 6.25. The molecule has 0 unspecified atom stereocenters. The van der Waals surface area contributed by atoms with Crippen molar-refractivity contribution < 1.29 is 9.53 Å². The second-order valence-electron chi connectivity index (χ2n) is 2.77. The van der Waals surface area contributed by atoms with Crippen molar-refractivity contribution in [2.75, 3.05) is 0 Å². The van der Waals surface area contributed by atoms with Gasteiger partial charge in [0, 0.05) is 11.0 Å². The van der Waals surface area contributed by atoms with E-state index >= 15 is 0 Å². The molecule has 0 saturated carbocycles. The van der Waals surface area contributed by atoms with Gasteiger partial charge >= 0.3 is 5.97 Å². The molecule has 0 bridgehead atoms. The molecule has 4 heteroatoms. The van der Waals surface area contributed by atoms with Crippen LogP contribution in [0.1, 0.15) is 4.88 Å². The molecule has 0 atom stereocenters. The van der Waals surface area contributed by atoms with Crippen LogP contribution < -0.4 is 0 Å². The summed E-state index contributed by atoms with van der Waals surface area (Å²) in [4.78, 5) is 12.0. The van der Waals surface area contributed by atoms with Crippen molar-refractivity contribution in [3.8, 4) is 0 Å². The lowest BCUT2D eigenvalue weighted by molar-refractivity contribution is -0.132. The molecule has 2 heterocycles. The lowest BCUT2D eigenvalue weighted by atomic mass is 9.94. The Labute approximate surface area is 80.9 Å². The fraction of sp³-hybridized carbons (Fsp3) is 0. The minimum atomic E-state index is -0.277. The Morgan fingerprint density at radius 1 is 1.54 bits per heavy atom. The van der Waals surface area contributed by atoms with Crippen molar-refractivity contribution in [3.05, 3.63) is 39.7 Å². The quantitative estimate of drug-likeness (QED) is 0.490. The minimum Gasteiger partial charge on any atom is -0.424 e. The highest BCUT2D eigenvalue weighted by Gasteiger charge is 2.15. The van der Waals surface area contributed by atoms with Crippen LogP contribution in [0.4, 0.5) is 0 Å². The van der Waals surface area contributed by atoms with E-state index in [9.17, 15) is 4.79 Å². The van der Waals surface area contributed by atoms with E-state index in [1.165, 1.54) is 6.08 Å². The third-order valence-corrected chi connectivity index (χ3v) is 2.57. The number of hydrogen-bond donors (Lipinski definition) is 0. The molecular formula is C9H7BO2S. The Morgan fingerprint density at radius 2 is 2.38 bits per heavy atom. The molecule has 0 radical (unpaired) electrons. The molecule has 1 aromatic rings. The molecule has 0 aromatic carbocycles. The highest BCUT2D eigenvalue weighted by Crippen LogP contribution is 2.21. The van der Waals surface area contributed by atoms with Crippen molar-refractivity contribution in [2.24, 2.45) is 0 Å². The smallest absolute Gasteiger partial charge is 0.335 e. The number of esters is 1. The fourth-order valence-corrected chi connectivity index (χ4v) is 1.76. The number of ether oxygens (including phenoxy) is 1. The molecule has 13 heavy (non-hydrogen) atoms. The van der Waals surface area contributed by atoms with Gasteiger partial charge in [-0.1, -0.05) is 6.07 Å². The van der Waals surface area contributed by atoms with Gasteiger partial charge in [0.1, 0.15) is 13.6 Å². The van der Waals surface area contributed by atoms with E-state index in [1.54, 1.807) is 11.3 Å². The van der Waals surface area contributed by atoms with E-state index in [0.717, 1.165) is 10.3 Å². The van der Waals surface area contributed by atoms with Crippen molar-refractivity contribution in [1.29, 1.82) is 0 Å². The minimum absolute atomic E-state index is 0.277. The first kappa shape index (κ1) is 8.32. The van der Waals surface area contributed by atoms with E-state index in [-0.39, 0.29) is 5.97 Å². The maximum Gasteiger partial charge on any atom is 0.335 e. The van der Waals surface area contributed by atoms with Gasteiger partial charge in [-0.2, -0.15) is 0 Å². The van der Waals surface area contributed by atoms with E-state index in [4.69, 9.17) is 4.74 Å². The van der Waals surface area contributed by atoms with Crippen molar-refractivity contribution in [1.82, 2.24) is 0 Å². The monoisotopic (exact) mass is 190 g/mol. The summed E-state index contributed by atoms with van der Waals surface area (Å²) in [5.41, 5.74) is 0.887. The Hall–Kier alpha value is -1.29. The van der Waals surface area contributed by atoms with Gasteiger partial charge in [-0.25, -0.2) is 4.79 Å². The molecular weight excluding hydrogens is 183 g/mol. The van der Waals surface area contributed by atoms with Gasteiger partial charge in [0.25, 0.3) is 0 Å². The van der Waals surface area contributed by atoms with E-state index in [2.05, 4.69) is 0 Å². The zero-order chi connectivity index (χ0) is 9.26. The van der Waals surface area contributed by atoms with Crippen LogP contribution in [-0.4, -0.2) is 13.8 Å². The van der Waals surface area contributed by atoms with Gasteiger partial charge < -0.3 is 4.74 Å². The predicted molar refractivity (Wildman–Crippen MR) is 55.0 cm³/mol. The number of allylic oxidation sites excluding steroid dienone is 1. The molecule has 0 amide bonds. The van der Waals surface area contributed by atoms with Crippen LogP contribution >= 0.6 is 11.3 Å². The summed E-state index contributed by atoms with van der Waals surface area (Å²) in [7, 11) is 1.87. The van der Waals surface area contributed by atoms with Crippen molar-refractivity contribution in [3.63, 3.8) is 0 Å². The Balaban J connectivity index is 2.29. The van der Waals surface area contributed by atoms with Crippen molar-refractivity contribution in [2.45, 2.75) is 0 Å². The lowest BCUT2D eigenvalue weighted by Crippen LogP contribution is -1.90. The summed E-state index contributed by atoms with van der Waals surface area (Å²) in [6.07, 6.45) is 3.38. The molecule has 1 aromatic heterocycles. The van der Waals surface area contributed by atoms with Crippen LogP contribution in [0.3, 0.4) is 0 Å². The van der Waals surface area contributed by atoms with Gasteiger partial charge in [-0.15, -0.1) is 11.3 Å². The van der Waals surface area contributed by atoms with E-state index in [1.807, 2.05) is 31.4 Å². The van der Waals surface area contributed by atoms with Gasteiger partial charge in [0.05, 0.1) is 0 Å². The second-order valence-corrected chi connectivity index (χ2v) is 3.75. The number of thiophene rings is 1. The van der Waals surface area contributed by atoms with Gasteiger partial charge in [0.2, 0.25) is 0 Å². The zero-order valence-electron chi connectivity index (χ0n) is 7.11. The largest absolute Gasteiger partial charge is 0.424 e. The zero-order valence-corrected chi connectivity index (χ0v) is 7.93. The van der Waals surface area contributed by atoms with Gasteiger partial charge in [0.15, 0.2) is 0 Å². The first-order valence-electron chi connectivity index (χ1n) is 3.91. The number of hydrogen-bond acceptors (Lipinski definition) is 3. The molecule has 1 aliphatic heterocycles. The summed E-state index contributed by atoms with van der Waals surface area (Å²) in [6, 6.07) is 3.95. The van der Waals surface area contributed by atoms with Crippen LogP contribution in [0.15, 0.2) is 34.8 Å². The van der Waals surface area contributed by atoms with Crippen LogP contribution in [0.5, 0.6) is 0 Å². The van der Waals surface area contributed by atoms with Crippen LogP contribution in [-0.2, 0) is 9.53 Å². The fourth-order valence-electron chi connectivity index (χ4n) is 1.11. The molecule has 64 valence electrons. The average Bonchev–Trinajstić information content (AvgIpc) is 2.63. The SMILES string of the molecule is BC1=CC(=O)O/C1=C\c1cccs1. The second kappa shape index (κ2) is 3.22. The number of carbonyl (C=O) groups is 1. The standard InChI is InChI=1S/C9H7BO2S/c10-7-5-9(11)12-8(7)4-6-2-1-3-13-6/h1-5H,10H2/b8-4-. The third kappa shape index (κ3) is 1.73. The van der Waals surface area contributed by atoms with Crippen LogP contribution in [0, 0.1) is 0 Å². The summed E-state index contributed by atoms with van der Waals surface area (Å²) in [5.74, 6) is 0.382. The van der Waals surface area contributed by atoms with Gasteiger partial charge in [-0.3, -0.25) is 0 Å². The molecule has 0 fully saturated rings. The number of carbonyl (C=O) groups excluding carboxylic acids is 1. The topological polar surface area (TPSA) is 26.3 Å². The summed E-state index contributed by atoms with van der Waals surface area (Å²) >= 11 is 1.62. The Morgan fingerprint density at radius 3 is 2.92 bits per heavy atom. The molecule has 0 spiro atoms. The van der Waals surface area contributed by atoms with E-state index in [0.29, 0.717) is 5.76 Å². The number of cyclic esters (lactones) is 1. The molecule has 0 saturated heterocycles. The summed E-state index contributed by atoms with van der Waals surface area (Å²) in [5, 5.41) is 1.99. The third-order valence-electron chi connectivity index (χ3n) is 1.75. The summed E-state index contributed by atoms with van der Waals surface area (Å²) < 4.78 is 4.98. The number of rotatable bonds is 1. The van der Waals surface area contributed by atoms with E-state index < -0.39 is 0 Å². The van der Waals surface area contributed by atoms with Gasteiger partial charge in [-0.05, 0) is 23.0 Å². The Kier molecular flexibility index (Phi) is 2.06. The molecule has 2 rings (SSSR count). The summed E-state index contributed by atoms with van der Waals surface area (Å²) in [6.45, 7) is 0. The van der Waals surface area contributed by atoms with Crippen LogP contribution in [0.2, 0.25) is 0 Å². The predicted octanol–water partition coefficient (Wildman–Crippen LogP) is 1.16. The first-order valence-corrected chi connectivity index (χ1v) is 4.79. The Bertz CT molecular complexity index is 390. The average molecular weight is 190 g/mol. The molecule has 2 nitrogen and oxygen atoms in total. The van der Waals surface area contributed by atoms with Crippen LogP contribution in [0.25, 0.3) is 6.08 Å². The maximum absolute atomic E-state index is 10.9. The highest BCUT2D eigenvalue weighted by atomic mass is 32.1. The highest BCUT2D eigenvalue weighted by molar-refractivity contribution is 7.10. The molecule has 1 aliphatic rings. The molecule has 0 N–H and O–H groups in total. The lowest BCUT2D eigenvalue weighted by Gasteiger charge is -1.97.